The standard InChI is InChI=1S/C11H14Br2N2/c1-2-3-4-5-10(14)11-9(13)6-8(12)7-15-11/h2,6-7,10H,1,3-5,14H2. The summed E-state index contributed by atoms with van der Waals surface area (Å²) in [6.45, 7) is 3.69. The number of halogens is 2. The number of hydrogen-bond donors (Lipinski definition) is 1. The van der Waals surface area contributed by atoms with E-state index in [4.69, 9.17) is 5.73 Å². The maximum absolute atomic E-state index is 6.04. The van der Waals surface area contributed by atoms with Crippen molar-refractivity contribution < 1.29 is 0 Å². The van der Waals surface area contributed by atoms with E-state index in [2.05, 4.69) is 43.4 Å². The first-order valence-corrected chi connectivity index (χ1v) is 6.41. The van der Waals surface area contributed by atoms with Gasteiger partial charge in [-0.15, -0.1) is 6.58 Å². The van der Waals surface area contributed by atoms with Gasteiger partial charge in [-0.2, -0.15) is 0 Å². The van der Waals surface area contributed by atoms with E-state index in [1.807, 2.05) is 12.1 Å². The molecule has 1 aromatic rings. The van der Waals surface area contributed by atoms with Gasteiger partial charge in [0.1, 0.15) is 0 Å². The third-order valence-corrected chi connectivity index (χ3v) is 3.18. The normalized spacial score (nSPS) is 12.5. The molecule has 4 heteroatoms. The second-order valence-electron chi connectivity index (χ2n) is 3.35. The van der Waals surface area contributed by atoms with Gasteiger partial charge in [-0.05, 0) is 57.2 Å². The minimum absolute atomic E-state index is 0.00701. The maximum atomic E-state index is 6.04. The molecule has 0 spiro atoms. The quantitative estimate of drug-likeness (QED) is 0.654. The van der Waals surface area contributed by atoms with E-state index in [0.29, 0.717) is 0 Å². The van der Waals surface area contributed by atoms with Gasteiger partial charge in [0.05, 0.1) is 5.69 Å². The van der Waals surface area contributed by atoms with E-state index in [1.54, 1.807) is 6.20 Å². The molecule has 0 fully saturated rings. The number of allylic oxidation sites excluding steroid dienone is 1. The van der Waals surface area contributed by atoms with E-state index < -0.39 is 0 Å². The van der Waals surface area contributed by atoms with Crippen molar-refractivity contribution in [2.75, 3.05) is 0 Å². The van der Waals surface area contributed by atoms with Crippen molar-refractivity contribution in [3.8, 4) is 0 Å². The van der Waals surface area contributed by atoms with E-state index in [1.165, 1.54) is 0 Å². The molecule has 0 amide bonds. The predicted octanol–water partition coefficient (Wildman–Crippen LogP) is 3.96. The van der Waals surface area contributed by atoms with Gasteiger partial charge in [0.2, 0.25) is 0 Å². The summed E-state index contributed by atoms with van der Waals surface area (Å²) in [5.74, 6) is 0. The smallest absolute Gasteiger partial charge is 0.0713 e. The van der Waals surface area contributed by atoms with Crippen molar-refractivity contribution in [1.29, 1.82) is 0 Å². The first-order valence-electron chi connectivity index (χ1n) is 4.82. The molecule has 0 radical (unpaired) electrons. The predicted molar refractivity (Wildman–Crippen MR) is 70.6 cm³/mol. The van der Waals surface area contributed by atoms with Crippen LogP contribution in [0.2, 0.25) is 0 Å². The molecule has 82 valence electrons. The van der Waals surface area contributed by atoms with Crippen molar-refractivity contribution in [1.82, 2.24) is 4.98 Å². The van der Waals surface area contributed by atoms with E-state index in [-0.39, 0.29) is 6.04 Å². The lowest BCUT2D eigenvalue weighted by Crippen LogP contribution is -2.12. The van der Waals surface area contributed by atoms with Gasteiger partial charge in [-0.25, -0.2) is 0 Å². The third-order valence-electron chi connectivity index (χ3n) is 2.11. The van der Waals surface area contributed by atoms with E-state index >= 15 is 0 Å². The van der Waals surface area contributed by atoms with Crippen molar-refractivity contribution in [3.05, 3.63) is 39.6 Å². The number of hydrogen-bond acceptors (Lipinski definition) is 2. The summed E-state index contributed by atoms with van der Waals surface area (Å²) >= 11 is 6.83. The summed E-state index contributed by atoms with van der Waals surface area (Å²) in [6.07, 6.45) is 6.67. The Balaban J connectivity index is 2.64. The second-order valence-corrected chi connectivity index (χ2v) is 5.12. The summed E-state index contributed by atoms with van der Waals surface area (Å²) in [4.78, 5) is 4.31. The van der Waals surface area contributed by atoms with Gasteiger partial charge in [0, 0.05) is 21.2 Å². The fraction of sp³-hybridized carbons (Fsp3) is 0.364. The summed E-state index contributed by atoms with van der Waals surface area (Å²) in [6, 6.07) is 1.96. The van der Waals surface area contributed by atoms with Crippen LogP contribution in [0.1, 0.15) is 31.0 Å². The lowest BCUT2D eigenvalue weighted by atomic mass is 10.1. The Kier molecular flexibility index (Phi) is 5.50. The zero-order chi connectivity index (χ0) is 11.3. The lowest BCUT2D eigenvalue weighted by molar-refractivity contribution is 0.600. The van der Waals surface area contributed by atoms with Crippen molar-refractivity contribution in [2.45, 2.75) is 25.3 Å². The van der Waals surface area contributed by atoms with Crippen LogP contribution in [0.4, 0.5) is 0 Å². The largest absolute Gasteiger partial charge is 0.323 e. The van der Waals surface area contributed by atoms with Gasteiger partial charge >= 0.3 is 0 Å². The number of pyridine rings is 1. The summed E-state index contributed by atoms with van der Waals surface area (Å²) in [7, 11) is 0. The Morgan fingerprint density at radius 3 is 2.87 bits per heavy atom. The lowest BCUT2D eigenvalue weighted by Gasteiger charge is -2.12. The molecule has 0 aromatic carbocycles. The summed E-state index contributed by atoms with van der Waals surface area (Å²) in [5, 5.41) is 0. The molecule has 1 aromatic heterocycles. The highest BCUT2D eigenvalue weighted by atomic mass is 79.9. The second kappa shape index (κ2) is 6.40. The number of aromatic nitrogens is 1. The minimum atomic E-state index is -0.00701. The molecule has 0 aliphatic heterocycles. The highest BCUT2D eigenvalue weighted by Gasteiger charge is 2.11. The fourth-order valence-electron chi connectivity index (χ4n) is 1.32. The van der Waals surface area contributed by atoms with Crippen molar-refractivity contribution >= 4 is 31.9 Å². The molecular formula is C11H14Br2N2. The van der Waals surface area contributed by atoms with Gasteiger partial charge in [-0.3, -0.25) is 4.98 Å². The minimum Gasteiger partial charge on any atom is -0.323 e. The zero-order valence-electron chi connectivity index (χ0n) is 8.42. The van der Waals surface area contributed by atoms with E-state index in [9.17, 15) is 0 Å². The number of nitrogens with two attached hydrogens (primary N) is 1. The summed E-state index contributed by atoms with van der Waals surface area (Å²) in [5.41, 5.74) is 6.96. The third kappa shape index (κ3) is 4.05. The molecular weight excluding hydrogens is 320 g/mol. The van der Waals surface area contributed by atoms with Gasteiger partial charge in [0.25, 0.3) is 0 Å². The van der Waals surface area contributed by atoms with Crippen molar-refractivity contribution in [2.24, 2.45) is 5.73 Å². The van der Waals surface area contributed by atoms with Crippen LogP contribution >= 0.6 is 31.9 Å². The van der Waals surface area contributed by atoms with Crippen LogP contribution < -0.4 is 5.73 Å². The first kappa shape index (κ1) is 12.9. The molecule has 1 atom stereocenters. The molecule has 1 unspecified atom stereocenters. The van der Waals surface area contributed by atoms with E-state index in [0.717, 1.165) is 33.9 Å². The number of nitrogens with zero attached hydrogens (tertiary/aromatic N) is 1. The van der Waals surface area contributed by atoms with Crippen LogP contribution in [-0.4, -0.2) is 4.98 Å². The molecule has 1 heterocycles. The van der Waals surface area contributed by atoms with Crippen LogP contribution in [-0.2, 0) is 0 Å². The fourth-order valence-corrected chi connectivity index (χ4v) is 2.60. The van der Waals surface area contributed by atoms with Crippen LogP contribution in [0.15, 0.2) is 33.9 Å². The van der Waals surface area contributed by atoms with Crippen LogP contribution in [0.3, 0.4) is 0 Å². The molecule has 0 saturated heterocycles. The maximum Gasteiger partial charge on any atom is 0.0713 e. The van der Waals surface area contributed by atoms with Gasteiger partial charge in [-0.1, -0.05) is 6.08 Å². The molecule has 0 bridgehead atoms. The first-order chi connectivity index (χ1) is 7.15. The SMILES string of the molecule is C=CCCCC(N)c1ncc(Br)cc1Br. The van der Waals surface area contributed by atoms with Crippen molar-refractivity contribution in [3.63, 3.8) is 0 Å². The molecule has 2 N–H and O–H groups in total. The Bertz CT molecular complexity index is 339. The van der Waals surface area contributed by atoms with Crippen LogP contribution in [0.5, 0.6) is 0 Å². The van der Waals surface area contributed by atoms with Gasteiger partial charge < -0.3 is 5.73 Å². The Morgan fingerprint density at radius 2 is 2.27 bits per heavy atom. The molecule has 15 heavy (non-hydrogen) atoms. The molecule has 1 rings (SSSR count). The topological polar surface area (TPSA) is 38.9 Å². The highest BCUT2D eigenvalue weighted by molar-refractivity contribution is 9.11. The molecule has 0 aliphatic carbocycles. The van der Waals surface area contributed by atoms with Crippen LogP contribution in [0.25, 0.3) is 0 Å². The number of unbranched alkanes of at least 4 members (excludes halogenated alkanes) is 1. The monoisotopic (exact) mass is 332 g/mol. The van der Waals surface area contributed by atoms with Gasteiger partial charge in [0.15, 0.2) is 0 Å². The Labute approximate surface area is 107 Å². The average Bonchev–Trinajstić information content (AvgIpc) is 2.17. The number of rotatable bonds is 5. The molecule has 0 aliphatic rings. The molecule has 0 saturated carbocycles. The van der Waals surface area contributed by atoms with Crippen LogP contribution in [0, 0.1) is 0 Å². The zero-order valence-corrected chi connectivity index (χ0v) is 11.6. The molecule has 2 nitrogen and oxygen atoms in total. The summed E-state index contributed by atoms with van der Waals surface area (Å²) < 4.78 is 1.92. The highest BCUT2D eigenvalue weighted by Crippen LogP contribution is 2.25. The Morgan fingerprint density at radius 1 is 1.53 bits per heavy atom. The average molecular weight is 334 g/mol. The Hall–Kier alpha value is -0.190.